The number of hydrogen-bond donors (Lipinski definition) is 3. The molecule has 0 radical (unpaired) electrons. The molecule has 0 spiro atoms. The molecule has 5 heteroatoms. The molecule has 4 N–H and O–H groups in total. The van der Waals surface area contributed by atoms with Gasteiger partial charge < -0.3 is 16.4 Å². The molecule has 2 aromatic carbocycles. The van der Waals surface area contributed by atoms with Crippen LogP contribution in [0.15, 0.2) is 48.5 Å². The zero-order valence-corrected chi connectivity index (χ0v) is 10.9. The Kier molecular flexibility index (Phi) is 4.26. The van der Waals surface area contributed by atoms with Crippen molar-refractivity contribution in [1.82, 2.24) is 5.32 Å². The summed E-state index contributed by atoms with van der Waals surface area (Å²) < 4.78 is 0. The van der Waals surface area contributed by atoms with Crippen molar-refractivity contribution in [2.24, 2.45) is 0 Å². The maximum Gasteiger partial charge on any atom is 0.319 e. The number of nitrogens with one attached hydrogen (secondary N) is 2. The third kappa shape index (κ3) is 3.89. The van der Waals surface area contributed by atoms with E-state index in [1.807, 2.05) is 18.2 Å². The van der Waals surface area contributed by atoms with Crippen molar-refractivity contribution in [3.8, 4) is 0 Å². The topological polar surface area (TPSA) is 67.1 Å². The first-order chi connectivity index (χ1) is 9.15. The zero-order chi connectivity index (χ0) is 13.7. The number of para-hydroxylation sites is 1. The normalized spacial score (nSPS) is 9.95. The molecule has 0 heterocycles. The van der Waals surface area contributed by atoms with Crippen molar-refractivity contribution < 1.29 is 4.79 Å². The van der Waals surface area contributed by atoms with E-state index < -0.39 is 0 Å². The molecule has 98 valence electrons. The van der Waals surface area contributed by atoms with Crippen molar-refractivity contribution in [2.45, 2.75) is 6.54 Å². The Balaban J connectivity index is 1.90. The van der Waals surface area contributed by atoms with Crippen LogP contribution in [-0.4, -0.2) is 6.03 Å². The summed E-state index contributed by atoms with van der Waals surface area (Å²) in [5.74, 6) is 0. The van der Waals surface area contributed by atoms with E-state index in [9.17, 15) is 4.79 Å². The van der Waals surface area contributed by atoms with E-state index in [2.05, 4.69) is 10.6 Å². The Labute approximate surface area is 116 Å². The first kappa shape index (κ1) is 13.2. The van der Waals surface area contributed by atoms with Gasteiger partial charge in [0.25, 0.3) is 0 Å². The maximum absolute atomic E-state index is 11.7. The number of carbonyl (C=O) groups excluding carboxylic acids is 1. The van der Waals surface area contributed by atoms with Crippen molar-refractivity contribution in [3.05, 3.63) is 59.1 Å². The monoisotopic (exact) mass is 275 g/mol. The van der Waals surface area contributed by atoms with Gasteiger partial charge in [0, 0.05) is 22.9 Å². The predicted molar refractivity (Wildman–Crippen MR) is 78.2 cm³/mol. The number of urea groups is 1. The molecule has 0 saturated heterocycles. The summed E-state index contributed by atoms with van der Waals surface area (Å²) in [4.78, 5) is 11.7. The van der Waals surface area contributed by atoms with Gasteiger partial charge in [0.05, 0.1) is 0 Å². The molecule has 0 bridgehead atoms. The molecule has 19 heavy (non-hydrogen) atoms. The van der Waals surface area contributed by atoms with Crippen LogP contribution >= 0.6 is 11.6 Å². The highest BCUT2D eigenvalue weighted by Gasteiger charge is 2.03. The highest BCUT2D eigenvalue weighted by atomic mass is 35.5. The summed E-state index contributed by atoms with van der Waals surface area (Å²) in [6.45, 7) is 0.374. The molecule has 0 unspecified atom stereocenters. The highest BCUT2D eigenvalue weighted by molar-refractivity contribution is 6.30. The minimum atomic E-state index is -0.300. The minimum absolute atomic E-state index is 0.300. The molecular weight excluding hydrogens is 262 g/mol. The number of halogens is 1. The molecule has 0 aliphatic carbocycles. The summed E-state index contributed by atoms with van der Waals surface area (Å²) in [5.41, 5.74) is 7.97. The van der Waals surface area contributed by atoms with E-state index in [1.54, 1.807) is 30.3 Å². The number of hydrogen-bond acceptors (Lipinski definition) is 2. The van der Waals surface area contributed by atoms with Gasteiger partial charge in [-0.1, -0.05) is 35.9 Å². The fraction of sp³-hybridized carbons (Fsp3) is 0.0714. The van der Waals surface area contributed by atoms with Gasteiger partial charge in [-0.25, -0.2) is 4.79 Å². The number of nitrogens with two attached hydrogens (primary N) is 1. The van der Waals surface area contributed by atoms with Crippen LogP contribution < -0.4 is 16.4 Å². The van der Waals surface area contributed by atoms with Gasteiger partial charge in [-0.3, -0.25) is 0 Å². The first-order valence-corrected chi connectivity index (χ1v) is 6.17. The van der Waals surface area contributed by atoms with E-state index in [4.69, 9.17) is 17.3 Å². The van der Waals surface area contributed by atoms with Gasteiger partial charge in [0.2, 0.25) is 0 Å². The van der Waals surface area contributed by atoms with Crippen molar-refractivity contribution in [2.75, 3.05) is 11.1 Å². The highest BCUT2D eigenvalue weighted by Crippen LogP contribution is 2.15. The smallest absolute Gasteiger partial charge is 0.319 e. The van der Waals surface area contributed by atoms with Crippen LogP contribution in [0.3, 0.4) is 0 Å². The van der Waals surface area contributed by atoms with Crippen LogP contribution in [0.2, 0.25) is 5.02 Å². The number of nitrogen functional groups attached to an aromatic ring is 1. The summed E-state index contributed by atoms with van der Waals surface area (Å²) >= 11 is 5.83. The molecule has 2 aromatic rings. The summed E-state index contributed by atoms with van der Waals surface area (Å²) in [7, 11) is 0. The molecule has 2 rings (SSSR count). The van der Waals surface area contributed by atoms with Crippen LogP contribution in [0, 0.1) is 0 Å². The van der Waals surface area contributed by atoms with E-state index in [0.717, 1.165) is 5.56 Å². The molecule has 0 saturated carbocycles. The van der Waals surface area contributed by atoms with E-state index in [0.29, 0.717) is 22.9 Å². The number of carbonyl (C=O) groups is 1. The Morgan fingerprint density at radius 1 is 1.16 bits per heavy atom. The predicted octanol–water partition coefficient (Wildman–Crippen LogP) is 3.24. The SMILES string of the molecule is Nc1ccccc1CNC(=O)Nc1cccc(Cl)c1. The maximum atomic E-state index is 11.7. The average molecular weight is 276 g/mol. The average Bonchev–Trinajstić information content (AvgIpc) is 2.38. The summed E-state index contributed by atoms with van der Waals surface area (Å²) in [6.07, 6.45) is 0. The molecular formula is C14H14ClN3O. The Bertz CT molecular complexity index is 586. The second kappa shape index (κ2) is 6.11. The van der Waals surface area contributed by atoms with Crippen LogP contribution in [0.1, 0.15) is 5.56 Å². The molecule has 4 nitrogen and oxygen atoms in total. The third-order valence-electron chi connectivity index (χ3n) is 2.58. The third-order valence-corrected chi connectivity index (χ3v) is 2.81. The zero-order valence-electron chi connectivity index (χ0n) is 10.2. The number of anilines is 2. The molecule has 0 aliphatic rings. The van der Waals surface area contributed by atoms with Crippen LogP contribution in [0.25, 0.3) is 0 Å². The van der Waals surface area contributed by atoms with Gasteiger partial charge >= 0.3 is 6.03 Å². The second-order valence-electron chi connectivity index (χ2n) is 4.02. The molecule has 0 aromatic heterocycles. The Morgan fingerprint density at radius 2 is 1.95 bits per heavy atom. The van der Waals surface area contributed by atoms with Gasteiger partial charge in [-0.05, 0) is 29.8 Å². The summed E-state index contributed by atoms with van der Waals surface area (Å²) in [5, 5.41) is 6.01. The van der Waals surface area contributed by atoms with E-state index >= 15 is 0 Å². The Morgan fingerprint density at radius 3 is 2.68 bits per heavy atom. The lowest BCUT2D eigenvalue weighted by molar-refractivity contribution is 0.252. The van der Waals surface area contributed by atoms with Crippen LogP contribution in [0.5, 0.6) is 0 Å². The number of benzene rings is 2. The standard InChI is InChI=1S/C14H14ClN3O/c15-11-5-3-6-12(8-11)18-14(19)17-9-10-4-1-2-7-13(10)16/h1-8H,9,16H2,(H2,17,18,19). The van der Waals surface area contributed by atoms with Gasteiger partial charge in [0.15, 0.2) is 0 Å². The van der Waals surface area contributed by atoms with Gasteiger partial charge in [-0.2, -0.15) is 0 Å². The largest absolute Gasteiger partial charge is 0.398 e. The van der Waals surface area contributed by atoms with Crippen LogP contribution in [-0.2, 0) is 6.54 Å². The van der Waals surface area contributed by atoms with Crippen molar-refractivity contribution in [1.29, 1.82) is 0 Å². The second-order valence-corrected chi connectivity index (χ2v) is 4.45. The van der Waals surface area contributed by atoms with Crippen LogP contribution in [0.4, 0.5) is 16.2 Å². The number of rotatable bonds is 3. The Hall–Kier alpha value is -2.20. The van der Waals surface area contributed by atoms with E-state index in [-0.39, 0.29) is 6.03 Å². The van der Waals surface area contributed by atoms with Gasteiger partial charge in [0.1, 0.15) is 0 Å². The molecule has 2 amide bonds. The fourth-order valence-electron chi connectivity index (χ4n) is 1.61. The lowest BCUT2D eigenvalue weighted by atomic mass is 10.2. The van der Waals surface area contributed by atoms with Crippen molar-refractivity contribution >= 4 is 29.0 Å². The lowest BCUT2D eigenvalue weighted by Crippen LogP contribution is -2.28. The number of amides is 2. The van der Waals surface area contributed by atoms with Gasteiger partial charge in [-0.15, -0.1) is 0 Å². The minimum Gasteiger partial charge on any atom is -0.398 e. The molecule has 0 fully saturated rings. The molecule has 0 atom stereocenters. The lowest BCUT2D eigenvalue weighted by Gasteiger charge is -2.09. The quantitative estimate of drug-likeness (QED) is 0.753. The van der Waals surface area contributed by atoms with Crippen molar-refractivity contribution in [3.63, 3.8) is 0 Å². The molecule has 0 aliphatic heterocycles. The van der Waals surface area contributed by atoms with E-state index in [1.165, 1.54) is 0 Å². The fourth-order valence-corrected chi connectivity index (χ4v) is 1.80. The first-order valence-electron chi connectivity index (χ1n) is 5.79. The summed E-state index contributed by atoms with van der Waals surface area (Å²) in [6, 6.07) is 14.1.